The molecule has 0 spiro atoms. The predicted octanol–water partition coefficient (Wildman–Crippen LogP) is 3.81. The number of furan rings is 1. The van der Waals surface area contributed by atoms with Crippen LogP contribution in [0.5, 0.6) is 0 Å². The summed E-state index contributed by atoms with van der Waals surface area (Å²) in [5, 5.41) is 2.85. The summed E-state index contributed by atoms with van der Waals surface area (Å²) in [6.45, 7) is 4.94. The van der Waals surface area contributed by atoms with Gasteiger partial charge >= 0.3 is 6.18 Å². The first-order valence-electron chi connectivity index (χ1n) is 9.34. The second-order valence-corrected chi connectivity index (χ2v) is 6.81. The lowest BCUT2D eigenvalue weighted by molar-refractivity contribution is -0.137. The Morgan fingerprint density at radius 3 is 2.45 bits per heavy atom. The number of morpholine rings is 1. The van der Waals surface area contributed by atoms with Gasteiger partial charge in [0.05, 0.1) is 24.8 Å². The van der Waals surface area contributed by atoms with E-state index in [0.717, 1.165) is 36.7 Å². The monoisotopic (exact) mass is 408 g/mol. The molecule has 1 aromatic carbocycles. The highest BCUT2D eigenvalue weighted by Crippen LogP contribution is 2.29. The molecule has 29 heavy (non-hydrogen) atoms. The lowest BCUT2D eigenvalue weighted by atomic mass is 10.1. The van der Waals surface area contributed by atoms with Crippen LogP contribution in [-0.2, 0) is 15.7 Å². The van der Waals surface area contributed by atoms with Crippen molar-refractivity contribution in [2.24, 2.45) is 0 Å². The highest BCUT2D eigenvalue weighted by molar-refractivity contribution is 5.91. The van der Waals surface area contributed by atoms with Crippen LogP contribution >= 0.6 is 0 Å². The minimum Gasteiger partial charge on any atom is -0.465 e. The smallest absolute Gasteiger partial charge is 0.416 e. The molecule has 1 aliphatic rings. The Hall–Kier alpha value is -2.58. The molecule has 3 rings (SSSR count). The molecule has 2 heterocycles. The van der Waals surface area contributed by atoms with Gasteiger partial charge in [-0.1, -0.05) is 12.1 Å². The first-order chi connectivity index (χ1) is 13.8. The van der Waals surface area contributed by atoms with Gasteiger partial charge in [0.2, 0.25) is 5.91 Å². The molecule has 0 saturated carbocycles. The maximum atomic E-state index is 12.6. The average molecular weight is 408 g/mol. The first-order valence-corrected chi connectivity index (χ1v) is 9.34. The summed E-state index contributed by atoms with van der Waals surface area (Å²) in [6, 6.07) is 8.31. The van der Waals surface area contributed by atoms with E-state index in [1.165, 1.54) is 24.3 Å². The summed E-state index contributed by atoms with van der Waals surface area (Å²) in [5.74, 6) is 1.25. The Balaban J connectivity index is 1.60. The summed E-state index contributed by atoms with van der Waals surface area (Å²) < 4.78 is 49.0. The van der Waals surface area contributed by atoms with Gasteiger partial charge < -0.3 is 14.5 Å². The Morgan fingerprint density at radius 2 is 1.86 bits per heavy atom. The van der Waals surface area contributed by atoms with Crippen LogP contribution in [0.4, 0.5) is 13.2 Å². The van der Waals surface area contributed by atoms with Crippen molar-refractivity contribution in [3.8, 4) is 0 Å². The topological polar surface area (TPSA) is 54.7 Å². The number of nitrogens with one attached hydrogen (secondary N) is 1. The van der Waals surface area contributed by atoms with E-state index in [1.807, 2.05) is 19.1 Å². The summed E-state index contributed by atoms with van der Waals surface area (Å²) in [4.78, 5) is 14.4. The predicted molar refractivity (Wildman–Crippen MR) is 102 cm³/mol. The molecule has 1 saturated heterocycles. The summed E-state index contributed by atoms with van der Waals surface area (Å²) in [5.41, 5.74) is -0.208. The van der Waals surface area contributed by atoms with Crippen LogP contribution in [-0.4, -0.2) is 43.7 Å². The number of alkyl halides is 3. The van der Waals surface area contributed by atoms with E-state index in [4.69, 9.17) is 9.15 Å². The van der Waals surface area contributed by atoms with Crippen molar-refractivity contribution in [2.75, 3.05) is 32.8 Å². The van der Waals surface area contributed by atoms with Crippen molar-refractivity contribution in [1.82, 2.24) is 10.2 Å². The fourth-order valence-electron chi connectivity index (χ4n) is 3.14. The zero-order valence-electron chi connectivity index (χ0n) is 16.0. The van der Waals surface area contributed by atoms with Crippen molar-refractivity contribution in [3.63, 3.8) is 0 Å². The number of hydrogen-bond acceptors (Lipinski definition) is 4. The lowest BCUT2D eigenvalue weighted by Gasteiger charge is -2.33. The molecule has 156 valence electrons. The number of rotatable bonds is 6. The summed E-state index contributed by atoms with van der Waals surface area (Å²) >= 11 is 0. The maximum absolute atomic E-state index is 12.6. The minimum absolute atomic E-state index is 0.115. The zero-order valence-corrected chi connectivity index (χ0v) is 16.0. The molecule has 1 aromatic heterocycles. The summed E-state index contributed by atoms with van der Waals surface area (Å²) in [7, 11) is 0. The number of amides is 1. The third kappa shape index (κ3) is 5.95. The Labute approximate surface area is 167 Å². The van der Waals surface area contributed by atoms with Crippen LogP contribution < -0.4 is 5.32 Å². The minimum atomic E-state index is -4.38. The molecule has 1 amide bonds. The third-order valence-corrected chi connectivity index (χ3v) is 4.71. The fourth-order valence-corrected chi connectivity index (χ4v) is 3.14. The number of hydrogen-bond donors (Lipinski definition) is 1. The highest BCUT2D eigenvalue weighted by Gasteiger charge is 2.30. The highest BCUT2D eigenvalue weighted by atomic mass is 19.4. The molecule has 1 atom stereocenters. The van der Waals surface area contributed by atoms with Gasteiger partial charge in [-0.15, -0.1) is 0 Å². The first kappa shape index (κ1) is 21.1. The van der Waals surface area contributed by atoms with Gasteiger partial charge in [-0.05, 0) is 42.8 Å². The Bertz CT molecular complexity index is 838. The van der Waals surface area contributed by atoms with E-state index in [0.29, 0.717) is 25.3 Å². The molecule has 2 aromatic rings. The number of benzene rings is 1. The maximum Gasteiger partial charge on any atom is 0.416 e. The quantitative estimate of drug-likeness (QED) is 0.739. The Kier molecular flexibility index (Phi) is 6.76. The van der Waals surface area contributed by atoms with Crippen LogP contribution in [0.25, 0.3) is 6.08 Å². The van der Waals surface area contributed by atoms with E-state index in [9.17, 15) is 18.0 Å². The van der Waals surface area contributed by atoms with Crippen molar-refractivity contribution >= 4 is 12.0 Å². The van der Waals surface area contributed by atoms with Gasteiger partial charge in [0.1, 0.15) is 11.5 Å². The molecule has 1 N–H and O–H groups in total. The van der Waals surface area contributed by atoms with E-state index < -0.39 is 11.7 Å². The molecule has 0 bridgehead atoms. The Morgan fingerprint density at radius 1 is 1.17 bits per heavy atom. The second kappa shape index (κ2) is 9.28. The van der Waals surface area contributed by atoms with Crippen molar-refractivity contribution < 1.29 is 27.1 Å². The van der Waals surface area contributed by atoms with E-state index in [1.54, 1.807) is 0 Å². The number of ether oxygens (including phenoxy) is 1. The zero-order chi connectivity index (χ0) is 20.9. The van der Waals surface area contributed by atoms with Crippen LogP contribution in [0, 0.1) is 6.92 Å². The molecule has 1 fully saturated rings. The molecular weight excluding hydrogens is 385 g/mol. The second-order valence-electron chi connectivity index (χ2n) is 6.81. The van der Waals surface area contributed by atoms with Crippen molar-refractivity contribution in [2.45, 2.75) is 19.1 Å². The van der Waals surface area contributed by atoms with E-state index in [2.05, 4.69) is 10.2 Å². The van der Waals surface area contributed by atoms with Crippen LogP contribution in [0.15, 0.2) is 46.9 Å². The van der Waals surface area contributed by atoms with Crippen LogP contribution in [0.3, 0.4) is 0 Å². The normalized spacial score (nSPS) is 16.8. The molecular formula is C21H23F3N2O3. The standard InChI is InChI=1S/C21H23F3N2O3/c1-15-2-8-19(29-15)18(26-10-12-28-13-11-26)14-25-20(27)9-5-16-3-6-17(7-4-16)21(22,23)24/h2-9,18H,10-14H2,1H3,(H,25,27)/b9-5+. The third-order valence-electron chi connectivity index (χ3n) is 4.71. The SMILES string of the molecule is Cc1ccc(C(CNC(=O)/C=C/c2ccc(C(F)(F)F)cc2)N2CCOCC2)o1. The average Bonchev–Trinajstić information content (AvgIpc) is 3.13. The van der Waals surface area contributed by atoms with Gasteiger partial charge in [-0.2, -0.15) is 13.2 Å². The van der Waals surface area contributed by atoms with Gasteiger partial charge in [0.15, 0.2) is 0 Å². The van der Waals surface area contributed by atoms with Gasteiger partial charge in [0.25, 0.3) is 0 Å². The van der Waals surface area contributed by atoms with Gasteiger partial charge in [-0.3, -0.25) is 9.69 Å². The number of nitrogens with zero attached hydrogens (tertiary/aromatic N) is 1. The molecule has 1 aliphatic heterocycles. The molecule has 1 unspecified atom stereocenters. The van der Waals surface area contributed by atoms with Gasteiger partial charge in [-0.25, -0.2) is 0 Å². The van der Waals surface area contributed by atoms with Crippen LogP contribution in [0.2, 0.25) is 0 Å². The fraction of sp³-hybridized carbons (Fsp3) is 0.381. The van der Waals surface area contributed by atoms with E-state index >= 15 is 0 Å². The molecule has 5 nitrogen and oxygen atoms in total. The number of carbonyl (C=O) groups is 1. The van der Waals surface area contributed by atoms with Crippen LogP contribution in [0.1, 0.15) is 28.7 Å². The van der Waals surface area contributed by atoms with E-state index in [-0.39, 0.29) is 11.9 Å². The molecule has 8 heteroatoms. The number of carbonyl (C=O) groups excluding carboxylic acids is 1. The number of aryl methyl sites for hydroxylation is 1. The summed E-state index contributed by atoms with van der Waals surface area (Å²) in [6.07, 6.45) is -1.58. The number of halogens is 3. The molecule has 0 aliphatic carbocycles. The van der Waals surface area contributed by atoms with Crippen molar-refractivity contribution in [1.29, 1.82) is 0 Å². The lowest BCUT2D eigenvalue weighted by Crippen LogP contribution is -2.43. The molecule has 0 radical (unpaired) electrons. The largest absolute Gasteiger partial charge is 0.465 e. The van der Waals surface area contributed by atoms with Gasteiger partial charge in [0, 0.05) is 25.7 Å². The van der Waals surface area contributed by atoms with Crippen molar-refractivity contribution in [3.05, 3.63) is 65.1 Å².